The van der Waals surface area contributed by atoms with Crippen molar-refractivity contribution in [1.29, 1.82) is 0 Å². The molecule has 1 fully saturated rings. The number of aryl methyl sites for hydroxylation is 2. The molecule has 0 saturated carbocycles. The Morgan fingerprint density at radius 2 is 2.03 bits per heavy atom. The number of hydrogen-bond donors (Lipinski definition) is 3. The summed E-state index contributed by atoms with van der Waals surface area (Å²) in [6.45, 7) is 5.87. The van der Waals surface area contributed by atoms with Crippen molar-refractivity contribution >= 4 is 17.0 Å². The van der Waals surface area contributed by atoms with Crippen LogP contribution in [0.5, 0.6) is 0 Å². The third kappa shape index (κ3) is 5.06. The molecule has 0 spiro atoms. The fourth-order valence-corrected chi connectivity index (χ4v) is 4.57. The highest BCUT2D eigenvalue weighted by molar-refractivity contribution is 5.81. The minimum absolute atomic E-state index is 0.0321. The molecule has 1 saturated heterocycles. The molecule has 9 heteroatoms. The SMILES string of the molecule is Cc1cc(-c2nc3cc(CN[C@H](C(=O)O)[C@H](C)O)ccc3n2CC2CCOCC2)cn(C)c1=O. The van der Waals surface area contributed by atoms with Gasteiger partial charge in [-0.25, -0.2) is 4.98 Å². The summed E-state index contributed by atoms with van der Waals surface area (Å²) in [5, 5.41) is 21.9. The Labute approximate surface area is 198 Å². The number of ether oxygens (including phenoxy) is 1. The van der Waals surface area contributed by atoms with Crippen LogP contribution in [0.25, 0.3) is 22.4 Å². The van der Waals surface area contributed by atoms with E-state index >= 15 is 0 Å². The predicted octanol–water partition coefficient (Wildman–Crippen LogP) is 2.06. The average molecular weight is 469 g/mol. The van der Waals surface area contributed by atoms with Crippen LogP contribution in [0, 0.1) is 12.8 Å². The van der Waals surface area contributed by atoms with Crippen LogP contribution in [0.4, 0.5) is 0 Å². The second-order valence-corrected chi connectivity index (χ2v) is 9.19. The Morgan fingerprint density at radius 1 is 1.29 bits per heavy atom. The number of nitrogens with zero attached hydrogens (tertiary/aromatic N) is 3. The molecule has 3 aromatic rings. The quantitative estimate of drug-likeness (QED) is 0.463. The number of aromatic nitrogens is 3. The number of rotatable bonds is 8. The summed E-state index contributed by atoms with van der Waals surface area (Å²) in [5.41, 5.74) is 4.17. The van der Waals surface area contributed by atoms with E-state index in [1.165, 1.54) is 6.92 Å². The van der Waals surface area contributed by atoms with Crippen molar-refractivity contribution in [3.63, 3.8) is 0 Å². The molecule has 3 heterocycles. The second-order valence-electron chi connectivity index (χ2n) is 9.19. The topological polar surface area (TPSA) is 119 Å². The van der Waals surface area contributed by atoms with E-state index < -0.39 is 18.1 Å². The molecule has 2 aromatic heterocycles. The number of imidazole rings is 1. The highest BCUT2D eigenvalue weighted by atomic mass is 16.5. The van der Waals surface area contributed by atoms with E-state index in [0.29, 0.717) is 18.0 Å². The number of carbonyl (C=O) groups is 1. The number of aliphatic hydroxyl groups excluding tert-OH is 1. The number of nitrogens with one attached hydrogen (secondary N) is 1. The standard InChI is InChI=1S/C25H32N4O5/c1-15-10-19(14-28(3)24(15)31)23-27-20-11-18(12-26-22(16(2)30)25(32)33)4-5-21(20)29(23)13-17-6-8-34-9-7-17/h4-5,10-11,14,16-17,22,26,30H,6-9,12-13H2,1-3H3,(H,32,33)/t16-,22-/m0/s1. The molecule has 9 nitrogen and oxygen atoms in total. The highest BCUT2D eigenvalue weighted by Gasteiger charge is 2.23. The Balaban J connectivity index is 1.72. The Bertz CT molecular complexity index is 1210. The summed E-state index contributed by atoms with van der Waals surface area (Å²) in [6.07, 6.45) is 2.78. The van der Waals surface area contributed by atoms with Gasteiger partial charge in [-0.2, -0.15) is 0 Å². The lowest BCUT2D eigenvalue weighted by atomic mass is 10.00. The molecule has 34 heavy (non-hydrogen) atoms. The molecular formula is C25H32N4O5. The average Bonchev–Trinajstić information content (AvgIpc) is 3.15. The van der Waals surface area contributed by atoms with Gasteiger partial charge in [0.2, 0.25) is 0 Å². The van der Waals surface area contributed by atoms with Crippen LogP contribution in [0.2, 0.25) is 0 Å². The summed E-state index contributed by atoms with van der Waals surface area (Å²) < 4.78 is 9.34. The first-order chi connectivity index (χ1) is 16.2. The van der Waals surface area contributed by atoms with Crippen LogP contribution in [-0.4, -0.2) is 55.7 Å². The van der Waals surface area contributed by atoms with Crippen LogP contribution in [-0.2, 0) is 29.7 Å². The zero-order valence-electron chi connectivity index (χ0n) is 19.8. The van der Waals surface area contributed by atoms with Gasteiger partial charge in [0.25, 0.3) is 5.56 Å². The van der Waals surface area contributed by atoms with Crippen molar-refractivity contribution in [2.45, 2.75) is 51.9 Å². The van der Waals surface area contributed by atoms with Crippen molar-refractivity contribution in [1.82, 2.24) is 19.4 Å². The Hall–Kier alpha value is -3.01. The molecule has 1 aliphatic heterocycles. The number of hydrogen-bond acceptors (Lipinski definition) is 6. The highest BCUT2D eigenvalue weighted by Crippen LogP contribution is 2.29. The number of carboxylic acid groups (broad SMARTS) is 1. The molecule has 0 amide bonds. The number of benzene rings is 1. The first-order valence-corrected chi connectivity index (χ1v) is 11.6. The molecule has 0 radical (unpaired) electrons. The van der Waals surface area contributed by atoms with Crippen LogP contribution in [0.1, 0.15) is 30.9 Å². The van der Waals surface area contributed by atoms with Gasteiger partial charge in [0.1, 0.15) is 11.9 Å². The molecule has 3 N–H and O–H groups in total. The summed E-state index contributed by atoms with van der Waals surface area (Å²) in [6, 6.07) is 6.74. The lowest BCUT2D eigenvalue weighted by Crippen LogP contribution is -2.44. The molecule has 182 valence electrons. The first-order valence-electron chi connectivity index (χ1n) is 11.6. The van der Waals surface area contributed by atoms with Crippen LogP contribution < -0.4 is 10.9 Å². The Kier molecular flexibility index (Phi) is 7.16. The molecule has 2 atom stereocenters. The molecule has 4 rings (SSSR count). The summed E-state index contributed by atoms with van der Waals surface area (Å²) in [4.78, 5) is 28.6. The number of aliphatic carboxylic acids is 1. The van der Waals surface area contributed by atoms with E-state index in [1.54, 1.807) is 11.6 Å². The summed E-state index contributed by atoms with van der Waals surface area (Å²) in [7, 11) is 1.75. The maximum absolute atomic E-state index is 12.2. The van der Waals surface area contributed by atoms with Crippen molar-refractivity contribution < 1.29 is 19.7 Å². The third-order valence-corrected chi connectivity index (χ3v) is 6.49. The Morgan fingerprint density at radius 3 is 2.68 bits per heavy atom. The van der Waals surface area contributed by atoms with Gasteiger partial charge in [0.15, 0.2) is 0 Å². The number of aliphatic hydroxyl groups is 1. The number of pyridine rings is 1. The van der Waals surface area contributed by atoms with Gasteiger partial charge in [-0.1, -0.05) is 6.07 Å². The van der Waals surface area contributed by atoms with Gasteiger partial charge < -0.3 is 24.1 Å². The van der Waals surface area contributed by atoms with Gasteiger partial charge >= 0.3 is 5.97 Å². The van der Waals surface area contributed by atoms with E-state index in [1.807, 2.05) is 37.4 Å². The lowest BCUT2D eigenvalue weighted by molar-refractivity contribution is -0.142. The normalized spacial score (nSPS) is 16.6. The largest absolute Gasteiger partial charge is 0.480 e. The molecular weight excluding hydrogens is 436 g/mol. The van der Waals surface area contributed by atoms with Crippen LogP contribution in [0.3, 0.4) is 0 Å². The van der Waals surface area contributed by atoms with E-state index in [9.17, 15) is 19.8 Å². The van der Waals surface area contributed by atoms with E-state index in [4.69, 9.17) is 9.72 Å². The van der Waals surface area contributed by atoms with Gasteiger partial charge in [-0.05, 0) is 56.4 Å². The monoisotopic (exact) mass is 468 g/mol. The minimum atomic E-state index is -1.09. The zero-order chi connectivity index (χ0) is 24.4. The smallest absolute Gasteiger partial charge is 0.323 e. The second kappa shape index (κ2) is 10.1. The van der Waals surface area contributed by atoms with Crippen molar-refractivity contribution in [2.24, 2.45) is 13.0 Å². The maximum atomic E-state index is 12.2. The van der Waals surface area contributed by atoms with E-state index in [-0.39, 0.29) is 5.56 Å². The maximum Gasteiger partial charge on any atom is 0.323 e. The summed E-state index contributed by atoms with van der Waals surface area (Å²) in [5.74, 6) is 0.184. The zero-order valence-corrected chi connectivity index (χ0v) is 19.8. The van der Waals surface area contributed by atoms with E-state index in [2.05, 4.69) is 9.88 Å². The lowest BCUT2D eigenvalue weighted by Gasteiger charge is -2.23. The first kappa shape index (κ1) is 24.1. The van der Waals surface area contributed by atoms with Crippen molar-refractivity contribution in [3.8, 4) is 11.4 Å². The van der Waals surface area contributed by atoms with Crippen LogP contribution in [0.15, 0.2) is 35.3 Å². The molecule has 0 unspecified atom stereocenters. The molecule has 0 bridgehead atoms. The number of fused-ring (bicyclic) bond motifs is 1. The van der Waals surface area contributed by atoms with Gasteiger partial charge in [0.05, 0.1) is 17.1 Å². The van der Waals surface area contributed by atoms with E-state index in [0.717, 1.165) is 60.6 Å². The third-order valence-electron chi connectivity index (χ3n) is 6.49. The molecule has 1 aliphatic rings. The van der Waals surface area contributed by atoms with Gasteiger partial charge in [0, 0.05) is 50.7 Å². The summed E-state index contributed by atoms with van der Waals surface area (Å²) >= 11 is 0. The molecule has 1 aromatic carbocycles. The predicted molar refractivity (Wildman–Crippen MR) is 129 cm³/mol. The fourth-order valence-electron chi connectivity index (χ4n) is 4.57. The van der Waals surface area contributed by atoms with Crippen molar-refractivity contribution in [3.05, 3.63) is 51.9 Å². The minimum Gasteiger partial charge on any atom is -0.480 e. The van der Waals surface area contributed by atoms with Gasteiger partial charge in [-0.15, -0.1) is 0 Å². The van der Waals surface area contributed by atoms with Crippen molar-refractivity contribution in [2.75, 3.05) is 13.2 Å². The number of carboxylic acids is 1. The fraction of sp³-hybridized carbons (Fsp3) is 0.480. The van der Waals surface area contributed by atoms with Crippen LogP contribution >= 0.6 is 0 Å². The van der Waals surface area contributed by atoms with Gasteiger partial charge in [-0.3, -0.25) is 14.9 Å². The molecule has 0 aliphatic carbocycles.